The predicted molar refractivity (Wildman–Crippen MR) is 79.7 cm³/mol. The molecule has 0 amide bonds. The number of carboxylic acid groups (broad SMARTS) is 1. The number of hydrogen-bond acceptors (Lipinski definition) is 3. The largest absolute Gasteiger partial charge is 0.481 e. The van der Waals surface area contributed by atoms with Gasteiger partial charge in [0.15, 0.2) is 0 Å². The minimum Gasteiger partial charge on any atom is -0.481 e. The van der Waals surface area contributed by atoms with E-state index < -0.39 is 5.97 Å². The summed E-state index contributed by atoms with van der Waals surface area (Å²) in [6.07, 6.45) is 3.84. The van der Waals surface area contributed by atoms with Crippen molar-refractivity contribution in [1.82, 2.24) is 4.98 Å². The SMILES string of the molecule is O=C(O)C1CCCCC1c1nc2ccc(Br)cc2s1. The van der Waals surface area contributed by atoms with E-state index in [4.69, 9.17) is 0 Å². The van der Waals surface area contributed by atoms with Crippen LogP contribution in [0.3, 0.4) is 0 Å². The van der Waals surface area contributed by atoms with E-state index in [2.05, 4.69) is 27.0 Å². The van der Waals surface area contributed by atoms with E-state index >= 15 is 0 Å². The van der Waals surface area contributed by atoms with E-state index in [0.29, 0.717) is 0 Å². The number of aromatic nitrogens is 1. The van der Waals surface area contributed by atoms with Crippen LogP contribution in [0.2, 0.25) is 0 Å². The first kappa shape index (κ1) is 13.1. The lowest BCUT2D eigenvalue weighted by Gasteiger charge is -2.26. The molecule has 1 heterocycles. The molecule has 5 heteroatoms. The average Bonchev–Trinajstić information content (AvgIpc) is 2.81. The van der Waals surface area contributed by atoms with Gasteiger partial charge in [0.05, 0.1) is 21.1 Å². The van der Waals surface area contributed by atoms with Gasteiger partial charge in [0.25, 0.3) is 0 Å². The van der Waals surface area contributed by atoms with Crippen LogP contribution in [0.1, 0.15) is 36.6 Å². The highest BCUT2D eigenvalue weighted by Crippen LogP contribution is 2.41. The Morgan fingerprint density at radius 3 is 2.95 bits per heavy atom. The van der Waals surface area contributed by atoms with Crippen molar-refractivity contribution in [2.75, 3.05) is 0 Å². The van der Waals surface area contributed by atoms with Gasteiger partial charge < -0.3 is 5.11 Å². The number of aliphatic carboxylic acids is 1. The van der Waals surface area contributed by atoms with Crippen molar-refractivity contribution in [2.24, 2.45) is 5.92 Å². The van der Waals surface area contributed by atoms with Crippen LogP contribution in [0.15, 0.2) is 22.7 Å². The summed E-state index contributed by atoms with van der Waals surface area (Å²) in [6, 6.07) is 6.01. The summed E-state index contributed by atoms with van der Waals surface area (Å²) in [5.74, 6) is -0.856. The van der Waals surface area contributed by atoms with Gasteiger partial charge in [0.2, 0.25) is 0 Å². The van der Waals surface area contributed by atoms with Gasteiger partial charge >= 0.3 is 5.97 Å². The monoisotopic (exact) mass is 339 g/mol. The standard InChI is InChI=1S/C14H14BrNO2S/c15-8-5-6-11-12(7-8)19-13(16-11)9-3-1-2-4-10(9)14(17)18/h5-7,9-10H,1-4H2,(H,17,18). The molecule has 100 valence electrons. The minimum atomic E-state index is -0.676. The van der Waals surface area contributed by atoms with Gasteiger partial charge in [-0.25, -0.2) is 4.98 Å². The lowest BCUT2D eigenvalue weighted by molar-refractivity contribution is -0.143. The molecule has 2 aromatic rings. The van der Waals surface area contributed by atoms with Crippen LogP contribution < -0.4 is 0 Å². The molecule has 3 nitrogen and oxygen atoms in total. The van der Waals surface area contributed by atoms with E-state index in [1.165, 1.54) is 0 Å². The first-order valence-corrected chi connectivity index (χ1v) is 8.05. The number of nitrogens with zero attached hydrogens (tertiary/aromatic N) is 1. The third-order valence-corrected chi connectivity index (χ3v) is 5.41. The van der Waals surface area contributed by atoms with Gasteiger partial charge in [-0.05, 0) is 31.0 Å². The maximum absolute atomic E-state index is 11.4. The maximum Gasteiger partial charge on any atom is 0.307 e. The summed E-state index contributed by atoms with van der Waals surface area (Å²) in [6.45, 7) is 0. The fourth-order valence-electron chi connectivity index (χ4n) is 2.80. The van der Waals surface area contributed by atoms with Crippen molar-refractivity contribution >= 4 is 43.5 Å². The summed E-state index contributed by atoms with van der Waals surface area (Å²) >= 11 is 5.09. The Balaban J connectivity index is 1.99. The van der Waals surface area contributed by atoms with Crippen LogP contribution >= 0.6 is 27.3 Å². The minimum absolute atomic E-state index is 0.0856. The molecule has 1 fully saturated rings. The molecule has 3 rings (SSSR count). The number of rotatable bonds is 2. The molecule has 2 unspecified atom stereocenters. The highest BCUT2D eigenvalue weighted by Gasteiger charge is 2.33. The maximum atomic E-state index is 11.4. The Morgan fingerprint density at radius 1 is 1.37 bits per heavy atom. The number of carbonyl (C=O) groups is 1. The van der Waals surface area contributed by atoms with Gasteiger partial charge in [-0.3, -0.25) is 4.79 Å². The van der Waals surface area contributed by atoms with E-state index in [1.807, 2.05) is 12.1 Å². The molecule has 0 saturated heterocycles. The van der Waals surface area contributed by atoms with E-state index in [1.54, 1.807) is 11.3 Å². The zero-order valence-corrected chi connectivity index (χ0v) is 12.7. The predicted octanol–water partition coefficient (Wildman–Crippen LogP) is 4.42. The molecule has 0 spiro atoms. The van der Waals surface area contributed by atoms with Crippen LogP contribution in [-0.2, 0) is 4.79 Å². The summed E-state index contributed by atoms with van der Waals surface area (Å²) < 4.78 is 2.16. The van der Waals surface area contributed by atoms with Crippen molar-refractivity contribution in [1.29, 1.82) is 0 Å². The zero-order valence-electron chi connectivity index (χ0n) is 10.3. The third kappa shape index (κ3) is 2.54. The normalized spacial score (nSPS) is 23.6. The molecule has 0 aliphatic heterocycles. The fourth-order valence-corrected chi connectivity index (χ4v) is 4.52. The zero-order chi connectivity index (χ0) is 13.4. The molecule has 1 aromatic carbocycles. The lowest BCUT2D eigenvalue weighted by Crippen LogP contribution is -2.25. The number of fused-ring (bicyclic) bond motifs is 1. The van der Waals surface area contributed by atoms with Crippen molar-refractivity contribution in [3.8, 4) is 0 Å². The molecule has 1 aliphatic carbocycles. The second-order valence-corrected chi connectivity index (χ2v) is 6.98. The van der Waals surface area contributed by atoms with E-state index in [-0.39, 0.29) is 11.8 Å². The van der Waals surface area contributed by atoms with Crippen molar-refractivity contribution < 1.29 is 9.90 Å². The van der Waals surface area contributed by atoms with Crippen molar-refractivity contribution in [2.45, 2.75) is 31.6 Å². The van der Waals surface area contributed by atoms with Gasteiger partial charge in [-0.15, -0.1) is 11.3 Å². The second kappa shape index (κ2) is 5.21. The van der Waals surface area contributed by atoms with Crippen LogP contribution in [-0.4, -0.2) is 16.1 Å². The lowest BCUT2D eigenvalue weighted by atomic mass is 9.79. The molecule has 0 bridgehead atoms. The highest BCUT2D eigenvalue weighted by molar-refractivity contribution is 9.10. The summed E-state index contributed by atoms with van der Waals surface area (Å²) in [7, 11) is 0. The Morgan fingerprint density at radius 2 is 2.16 bits per heavy atom. The van der Waals surface area contributed by atoms with Crippen molar-refractivity contribution in [3.05, 3.63) is 27.7 Å². The smallest absolute Gasteiger partial charge is 0.307 e. The average molecular weight is 340 g/mol. The van der Waals surface area contributed by atoms with Gasteiger partial charge in [0.1, 0.15) is 0 Å². The molecule has 1 aliphatic rings. The molecule has 1 N–H and O–H groups in total. The number of thiazole rings is 1. The van der Waals surface area contributed by atoms with Crippen LogP contribution in [0, 0.1) is 5.92 Å². The number of carboxylic acids is 1. The Kier molecular flexibility index (Phi) is 3.58. The summed E-state index contributed by atoms with van der Waals surface area (Å²) in [4.78, 5) is 16.0. The molecule has 1 aromatic heterocycles. The Bertz CT molecular complexity index is 625. The van der Waals surface area contributed by atoms with E-state index in [0.717, 1.165) is 45.4 Å². The molecule has 0 radical (unpaired) electrons. The van der Waals surface area contributed by atoms with Gasteiger partial charge in [0, 0.05) is 10.4 Å². The molecule has 1 saturated carbocycles. The Hall–Kier alpha value is -0.940. The van der Waals surface area contributed by atoms with Crippen molar-refractivity contribution in [3.63, 3.8) is 0 Å². The molecule has 19 heavy (non-hydrogen) atoms. The molecular weight excluding hydrogens is 326 g/mol. The molecular formula is C14H14BrNO2S. The Labute approximate surface area is 123 Å². The van der Waals surface area contributed by atoms with E-state index in [9.17, 15) is 9.90 Å². The quantitative estimate of drug-likeness (QED) is 0.881. The number of hydrogen-bond donors (Lipinski definition) is 1. The fraction of sp³-hybridized carbons (Fsp3) is 0.429. The molecule has 2 atom stereocenters. The highest BCUT2D eigenvalue weighted by atomic mass is 79.9. The first-order valence-electron chi connectivity index (χ1n) is 6.44. The van der Waals surface area contributed by atoms with Crippen LogP contribution in [0.5, 0.6) is 0 Å². The van der Waals surface area contributed by atoms with Gasteiger partial charge in [-0.2, -0.15) is 0 Å². The second-order valence-electron chi connectivity index (χ2n) is 5.00. The van der Waals surface area contributed by atoms with Crippen LogP contribution in [0.4, 0.5) is 0 Å². The first-order chi connectivity index (χ1) is 9.15. The topological polar surface area (TPSA) is 50.2 Å². The number of benzene rings is 1. The van der Waals surface area contributed by atoms with Crippen LogP contribution in [0.25, 0.3) is 10.2 Å². The third-order valence-electron chi connectivity index (χ3n) is 3.77. The number of halogens is 1. The van der Waals surface area contributed by atoms with Gasteiger partial charge in [-0.1, -0.05) is 28.8 Å². The summed E-state index contributed by atoms with van der Waals surface area (Å²) in [5.41, 5.74) is 0.970. The summed E-state index contributed by atoms with van der Waals surface area (Å²) in [5, 5.41) is 10.3.